The Morgan fingerprint density at radius 2 is 1.44 bits per heavy atom. The minimum absolute atomic E-state index is 0.276. The molecule has 176 valence electrons. The first-order chi connectivity index (χ1) is 16.3. The van der Waals surface area contributed by atoms with Crippen molar-refractivity contribution in [3.8, 4) is 0 Å². The summed E-state index contributed by atoms with van der Waals surface area (Å²) < 4.78 is 18.6. The van der Waals surface area contributed by atoms with Crippen LogP contribution in [0.25, 0.3) is 0 Å². The smallest absolute Gasteiger partial charge is 0.254 e. The highest BCUT2D eigenvalue weighted by Gasteiger charge is 2.57. The number of methoxy groups -OCH3 is 1. The molecule has 0 spiro atoms. The molecule has 1 aliphatic rings. The van der Waals surface area contributed by atoms with Crippen LogP contribution in [0.3, 0.4) is 0 Å². The summed E-state index contributed by atoms with van der Waals surface area (Å²) in [5, 5.41) is -0.0280. The third-order valence-corrected chi connectivity index (χ3v) is 8.79. The van der Waals surface area contributed by atoms with Crippen molar-refractivity contribution in [2.45, 2.75) is 23.8 Å². The number of carbonyl (C=O) groups is 1. The molecule has 3 aromatic rings. The summed E-state index contributed by atoms with van der Waals surface area (Å²) in [5.41, 5.74) is 4.84. The Morgan fingerprint density at radius 3 is 1.97 bits per heavy atom. The minimum Gasteiger partial charge on any atom is -0.383 e. The van der Waals surface area contributed by atoms with E-state index in [-0.39, 0.29) is 5.91 Å². The number of carbonyl (C=O) groups excluding carboxylic acids is 1. The van der Waals surface area contributed by atoms with Crippen molar-refractivity contribution in [2.24, 2.45) is 0 Å². The SMILES string of the molecule is C=C1C(c2ccc(C)cc2)S(=O)C(c2ccc(C)cc2)(c2ccc(Cl)cc2)C(=O)N1CCOC. The Balaban J connectivity index is 2.01. The normalized spacial score (nSPS) is 22.8. The maximum atomic E-state index is 14.7. The molecular formula is C28H28ClNO3S. The van der Waals surface area contributed by atoms with Crippen LogP contribution in [0, 0.1) is 13.8 Å². The second-order valence-electron chi connectivity index (χ2n) is 8.58. The number of nitrogens with zero attached hydrogens (tertiary/aromatic N) is 1. The average molecular weight is 494 g/mol. The fraction of sp³-hybridized carbons (Fsp3) is 0.250. The zero-order valence-corrected chi connectivity index (χ0v) is 21.2. The Kier molecular flexibility index (Phi) is 7.08. The van der Waals surface area contributed by atoms with Crippen LogP contribution in [0.15, 0.2) is 85.1 Å². The number of hydrogen-bond donors (Lipinski definition) is 0. The van der Waals surface area contributed by atoms with Crippen LogP contribution >= 0.6 is 11.6 Å². The molecule has 34 heavy (non-hydrogen) atoms. The van der Waals surface area contributed by atoms with Crippen LogP contribution in [-0.4, -0.2) is 35.3 Å². The second kappa shape index (κ2) is 9.87. The number of hydrogen-bond acceptors (Lipinski definition) is 3. The van der Waals surface area contributed by atoms with E-state index in [0.29, 0.717) is 35.0 Å². The first-order valence-corrected chi connectivity index (χ1v) is 12.7. The van der Waals surface area contributed by atoms with Crippen molar-refractivity contribution in [1.82, 2.24) is 4.90 Å². The van der Waals surface area contributed by atoms with Gasteiger partial charge in [-0.1, -0.05) is 90.0 Å². The lowest BCUT2D eigenvalue weighted by Crippen LogP contribution is -2.57. The zero-order valence-electron chi connectivity index (χ0n) is 19.6. The lowest BCUT2D eigenvalue weighted by atomic mass is 9.87. The number of aryl methyl sites for hydroxylation is 2. The maximum Gasteiger partial charge on any atom is 0.254 e. The maximum absolute atomic E-state index is 14.7. The van der Waals surface area contributed by atoms with Crippen LogP contribution < -0.4 is 0 Å². The standard InChI is InChI=1S/C28H28ClNO3S/c1-19-5-9-22(10-6-19)26-21(3)30(17-18-33-4)27(31)28(34(26)32,23-11-7-20(2)8-12-23)24-13-15-25(29)16-14-24/h5-16,26H,3,17-18H2,1-2,4H3. The highest BCUT2D eigenvalue weighted by Crippen LogP contribution is 2.50. The first kappa shape index (κ1) is 24.4. The highest BCUT2D eigenvalue weighted by atomic mass is 35.5. The van der Waals surface area contributed by atoms with E-state index in [4.69, 9.17) is 16.3 Å². The molecule has 1 aliphatic heterocycles. The first-order valence-electron chi connectivity index (χ1n) is 11.1. The van der Waals surface area contributed by atoms with Crippen molar-refractivity contribution in [1.29, 1.82) is 0 Å². The molecule has 0 bridgehead atoms. The second-order valence-corrected chi connectivity index (χ2v) is 10.7. The monoisotopic (exact) mass is 493 g/mol. The van der Waals surface area contributed by atoms with Gasteiger partial charge in [-0.05, 0) is 42.7 Å². The summed E-state index contributed by atoms with van der Waals surface area (Å²) in [6.45, 7) is 8.89. The molecule has 0 aromatic heterocycles. The van der Waals surface area contributed by atoms with Crippen LogP contribution in [0.5, 0.6) is 0 Å². The molecule has 0 aliphatic carbocycles. The predicted molar refractivity (Wildman–Crippen MR) is 138 cm³/mol. The molecule has 4 rings (SSSR count). The van der Waals surface area contributed by atoms with E-state index in [9.17, 15) is 9.00 Å². The number of halogens is 1. The van der Waals surface area contributed by atoms with Gasteiger partial charge in [-0.25, -0.2) is 0 Å². The summed E-state index contributed by atoms with van der Waals surface area (Å²) >= 11 is 6.19. The quantitative estimate of drug-likeness (QED) is 0.443. The van der Waals surface area contributed by atoms with Gasteiger partial charge in [0.1, 0.15) is 5.25 Å². The third kappa shape index (κ3) is 4.13. The summed E-state index contributed by atoms with van der Waals surface area (Å²) in [5.74, 6) is -0.276. The van der Waals surface area contributed by atoms with E-state index in [1.54, 1.807) is 36.3 Å². The van der Waals surface area contributed by atoms with E-state index >= 15 is 0 Å². The lowest BCUT2D eigenvalue weighted by Gasteiger charge is -2.46. The summed E-state index contributed by atoms with van der Waals surface area (Å²) in [6.07, 6.45) is 0. The molecule has 6 heteroatoms. The van der Waals surface area contributed by atoms with E-state index in [2.05, 4.69) is 6.58 Å². The Hall–Kier alpha value is -2.73. The molecular weight excluding hydrogens is 466 g/mol. The van der Waals surface area contributed by atoms with Crippen molar-refractivity contribution < 1.29 is 13.7 Å². The predicted octanol–water partition coefficient (Wildman–Crippen LogP) is 5.69. The number of rotatable bonds is 6. The van der Waals surface area contributed by atoms with Crippen molar-refractivity contribution >= 4 is 28.3 Å². The van der Waals surface area contributed by atoms with Crippen molar-refractivity contribution in [3.63, 3.8) is 0 Å². The minimum atomic E-state index is -1.71. The van der Waals surface area contributed by atoms with Crippen LogP contribution in [-0.2, 0) is 25.1 Å². The zero-order chi connectivity index (χ0) is 24.5. The Labute approximate surface area is 208 Å². The summed E-state index contributed by atoms with van der Waals surface area (Å²) in [6, 6.07) is 22.7. The Bertz CT molecular complexity index is 1170. The van der Waals surface area contributed by atoms with E-state index in [0.717, 1.165) is 16.7 Å². The molecule has 1 fully saturated rings. The summed E-state index contributed by atoms with van der Waals surface area (Å²) in [4.78, 5) is 16.0. The van der Waals surface area contributed by atoms with Gasteiger partial charge in [0.25, 0.3) is 5.91 Å². The molecule has 3 atom stereocenters. The molecule has 0 radical (unpaired) electrons. The van der Waals surface area contributed by atoms with Crippen LogP contribution in [0.2, 0.25) is 5.02 Å². The fourth-order valence-electron chi connectivity index (χ4n) is 4.45. The molecule has 1 amide bonds. The lowest BCUT2D eigenvalue weighted by molar-refractivity contribution is -0.132. The fourth-order valence-corrected chi connectivity index (χ4v) is 6.73. The van der Waals surface area contributed by atoms with Crippen molar-refractivity contribution in [3.05, 3.63) is 118 Å². The topological polar surface area (TPSA) is 46.6 Å². The van der Waals surface area contributed by atoms with Gasteiger partial charge in [0.2, 0.25) is 0 Å². The Morgan fingerprint density at radius 1 is 0.941 bits per heavy atom. The van der Waals surface area contributed by atoms with Gasteiger partial charge in [-0.2, -0.15) is 0 Å². The van der Waals surface area contributed by atoms with Gasteiger partial charge in [0.15, 0.2) is 4.75 Å². The number of ether oxygens (including phenoxy) is 1. The molecule has 3 aromatic carbocycles. The molecule has 1 saturated heterocycles. The highest BCUT2D eigenvalue weighted by molar-refractivity contribution is 7.87. The van der Waals surface area contributed by atoms with Gasteiger partial charge >= 0.3 is 0 Å². The van der Waals surface area contributed by atoms with E-state index in [1.807, 2.05) is 62.4 Å². The van der Waals surface area contributed by atoms with E-state index in [1.165, 1.54) is 0 Å². The van der Waals surface area contributed by atoms with Gasteiger partial charge in [0, 0.05) is 24.4 Å². The van der Waals surface area contributed by atoms with E-state index < -0.39 is 20.8 Å². The van der Waals surface area contributed by atoms with Crippen LogP contribution in [0.4, 0.5) is 0 Å². The molecule has 3 unspecified atom stereocenters. The molecule has 0 saturated carbocycles. The molecule has 4 nitrogen and oxygen atoms in total. The molecule has 0 N–H and O–H groups in total. The van der Waals surface area contributed by atoms with Gasteiger partial charge in [0.05, 0.1) is 17.4 Å². The van der Waals surface area contributed by atoms with Crippen molar-refractivity contribution in [2.75, 3.05) is 20.3 Å². The number of benzene rings is 3. The van der Waals surface area contributed by atoms with Gasteiger partial charge in [-0.3, -0.25) is 9.00 Å². The largest absolute Gasteiger partial charge is 0.383 e. The number of amides is 1. The third-order valence-electron chi connectivity index (χ3n) is 6.32. The van der Waals surface area contributed by atoms with Crippen LogP contribution in [0.1, 0.15) is 33.1 Å². The van der Waals surface area contributed by atoms with Gasteiger partial charge < -0.3 is 9.64 Å². The summed E-state index contributed by atoms with van der Waals surface area (Å²) in [7, 11) is -0.112. The molecule has 1 heterocycles. The van der Waals surface area contributed by atoms with Gasteiger partial charge in [-0.15, -0.1) is 0 Å². The average Bonchev–Trinajstić information content (AvgIpc) is 2.83.